The highest BCUT2D eigenvalue weighted by atomic mass is 16.5. The standard InChI is InChI=1S/C15H24N2O/c1-15(2)12-17(9-10-18-3)14(11-16-15)13-7-5-4-6-8-13/h4-8,14,16H,9-12H2,1-3H3. The zero-order valence-corrected chi connectivity index (χ0v) is 11.6. The Balaban J connectivity index is 2.12. The summed E-state index contributed by atoms with van der Waals surface area (Å²) >= 11 is 0. The van der Waals surface area contributed by atoms with Crippen LogP contribution in [0.1, 0.15) is 25.5 Å². The van der Waals surface area contributed by atoms with Crippen molar-refractivity contribution in [2.24, 2.45) is 0 Å². The maximum Gasteiger partial charge on any atom is 0.0589 e. The minimum Gasteiger partial charge on any atom is -0.383 e. The van der Waals surface area contributed by atoms with Gasteiger partial charge in [-0.3, -0.25) is 4.90 Å². The number of piperazine rings is 1. The minimum absolute atomic E-state index is 0.180. The monoisotopic (exact) mass is 248 g/mol. The van der Waals surface area contributed by atoms with Gasteiger partial charge in [0.05, 0.1) is 6.61 Å². The third-order valence-corrected chi connectivity index (χ3v) is 3.58. The van der Waals surface area contributed by atoms with Gasteiger partial charge in [0.2, 0.25) is 0 Å². The summed E-state index contributed by atoms with van der Waals surface area (Å²) in [5, 5.41) is 3.63. The molecule has 1 saturated heterocycles. The third kappa shape index (κ3) is 3.31. The number of nitrogens with zero attached hydrogens (tertiary/aromatic N) is 1. The van der Waals surface area contributed by atoms with Gasteiger partial charge < -0.3 is 10.1 Å². The Morgan fingerprint density at radius 3 is 2.72 bits per heavy atom. The maximum atomic E-state index is 5.23. The van der Waals surface area contributed by atoms with Crippen molar-refractivity contribution in [2.75, 3.05) is 33.4 Å². The predicted molar refractivity (Wildman–Crippen MR) is 74.7 cm³/mol. The van der Waals surface area contributed by atoms with Crippen LogP contribution in [0.2, 0.25) is 0 Å². The highest BCUT2D eigenvalue weighted by Gasteiger charge is 2.32. The summed E-state index contributed by atoms with van der Waals surface area (Å²) in [5.74, 6) is 0. The van der Waals surface area contributed by atoms with Gasteiger partial charge in [0, 0.05) is 38.3 Å². The van der Waals surface area contributed by atoms with Crippen LogP contribution < -0.4 is 5.32 Å². The molecule has 1 aromatic carbocycles. The summed E-state index contributed by atoms with van der Waals surface area (Å²) in [5.41, 5.74) is 1.57. The lowest BCUT2D eigenvalue weighted by molar-refractivity contribution is 0.0640. The summed E-state index contributed by atoms with van der Waals surface area (Å²) in [7, 11) is 1.77. The predicted octanol–water partition coefficient (Wildman–Crippen LogP) is 2.06. The summed E-state index contributed by atoms with van der Waals surface area (Å²) in [4.78, 5) is 2.52. The molecule has 1 heterocycles. The third-order valence-electron chi connectivity index (χ3n) is 3.58. The molecule has 3 nitrogen and oxygen atoms in total. The average molecular weight is 248 g/mol. The van der Waals surface area contributed by atoms with Crippen molar-refractivity contribution in [3.05, 3.63) is 35.9 Å². The first-order chi connectivity index (χ1) is 8.62. The van der Waals surface area contributed by atoms with Crippen LogP contribution in [0, 0.1) is 0 Å². The lowest BCUT2D eigenvalue weighted by Gasteiger charge is -2.44. The molecule has 3 heteroatoms. The van der Waals surface area contributed by atoms with E-state index in [-0.39, 0.29) is 5.54 Å². The van der Waals surface area contributed by atoms with Gasteiger partial charge in [-0.25, -0.2) is 0 Å². The minimum atomic E-state index is 0.180. The van der Waals surface area contributed by atoms with E-state index in [1.54, 1.807) is 7.11 Å². The normalized spacial score (nSPS) is 24.1. The Kier molecular flexibility index (Phi) is 4.38. The van der Waals surface area contributed by atoms with E-state index >= 15 is 0 Å². The van der Waals surface area contributed by atoms with Gasteiger partial charge in [-0.1, -0.05) is 30.3 Å². The van der Waals surface area contributed by atoms with E-state index in [1.807, 2.05) is 0 Å². The van der Waals surface area contributed by atoms with Crippen molar-refractivity contribution < 1.29 is 4.74 Å². The molecule has 1 aromatic rings. The average Bonchev–Trinajstić information content (AvgIpc) is 2.36. The van der Waals surface area contributed by atoms with E-state index in [4.69, 9.17) is 4.74 Å². The van der Waals surface area contributed by atoms with Gasteiger partial charge in [-0.15, -0.1) is 0 Å². The van der Waals surface area contributed by atoms with E-state index in [1.165, 1.54) is 5.56 Å². The molecule has 1 atom stereocenters. The Hall–Kier alpha value is -0.900. The molecule has 18 heavy (non-hydrogen) atoms. The number of hydrogen-bond acceptors (Lipinski definition) is 3. The first-order valence-corrected chi connectivity index (χ1v) is 6.65. The van der Waals surface area contributed by atoms with Crippen molar-refractivity contribution >= 4 is 0 Å². The molecule has 0 radical (unpaired) electrons. The Morgan fingerprint density at radius 1 is 1.33 bits per heavy atom. The number of hydrogen-bond donors (Lipinski definition) is 1. The molecule has 1 N–H and O–H groups in total. The molecular weight excluding hydrogens is 224 g/mol. The Bertz CT molecular complexity index is 364. The Morgan fingerprint density at radius 2 is 2.06 bits per heavy atom. The topological polar surface area (TPSA) is 24.5 Å². The fourth-order valence-electron chi connectivity index (χ4n) is 2.62. The first kappa shape index (κ1) is 13.5. The van der Waals surface area contributed by atoms with Crippen LogP contribution in [0.15, 0.2) is 30.3 Å². The summed E-state index contributed by atoms with van der Waals surface area (Å²) in [6.07, 6.45) is 0. The lowest BCUT2D eigenvalue weighted by Crippen LogP contribution is -2.58. The van der Waals surface area contributed by atoms with Gasteiger partial charge >= 0.3 is 0 Å². The smallest absolute Gasteiger partial charge is 0.0589 e. The van der Waals surface area contributed by atoms with Crippen LogP contribution in [0.5, 0.6) is 0 Å². The molecule has 1 aliphatic heterocycles. The largest absolute Gasteiger partial charge is 0.383 e. The summed E-state index contributed by atoms with van der Waals surface area (Å²) < 4.78 is 5.23. The molecule has 0 bridgehead atoms. The van der Waals surface area contributed by atoms with Crippen molar-refractivity contribution in [3.8, 4) is 0 Å². The summed E-state index contributed by atoms with van der Waals surface area (Å²) in [6, 6.07) is 11.2. The highest BCUT2D eigenvalue weighted by Crippen LogP contribution is 2.26. The molecule has 1 fully saturated rings. The molecule has 1 unspecified atom stereocenters. The molecule has 0 spiro atoms. The second kappa shape index (κ2) is 5.83. The van der Waals surface area contributed by atoms with Crippen LogP contribution in [-0.2, 0) is 4.74 Å². The zero-order valence-electron chi connectivity index (χ0n) is 11.6. The summed E-state index contributed by atoms with van der Waals surface area (Å²) in [6.45, 7) is 8.35. The number of ether oxygens (including phenoxy) is 1. The first-order valence-electron chi connectivity index (χ1n) is 6.65. The van der Waals surface area contributed by atoms with Crippen LogP contribution in [0.3, 0.4) is 0 Å². The zero-order chi connectivity index (χ0) is 13.0. The van der Waals surface area contributed by atoms with E-state index in [9.17, 15) is 0 Å². The number of nitrogens with one attached hydrogen (secondary N) is 1. The van der Waals surface area contributed by atoms with E-state index in [2.05, 4.69) is 54.4 Å². The van der Waals surface area contributed by atoms with E-state index in [0.29, 0.717) is 6.04 Å². The second-order valence-corrected chi connectivity index (χ2v) is 5.65. The van der Waals surface area contributed by atoms with Crippen molar-refractivity contribution in [3.63, 3.8) is 0 Å². The molecule has 0 aliphatic carbocycles. The molecule has 0 saturated carbocycles. The fourth-order valence-corrected chi connectivity index (χ4v) is 2.62. The van der Waals surface area contributed by atoms with Crippen LogP contribution in [0.4, 0.5) is 0 Å². The van der Waals surface area contributed by atoms with Crippen molar-refractivity contribution in [2.45, 2.75) is 25.4 Å². The molecule has 0 amide bonds. The second-order valence-electron chi connectivity index (χ2n) is 5.65. The van der Waals surface area contributed by atoms with Crippen molar-refractivity contribution in [1.29, 1.82) is 0 Å². The van der Waals surface area contributed by atoms with Crippen LogP contribution >= 0.6 is 0 Å². The van der Waals surface area contributed by atoms with Crippen molar-refractivity contribution in [1.82, 2.24) is 10.2 Å². The fraction of sp³-hybridized carbons (Fsp3) is 0.600. The molecule has 2 rings (SSSR count). The van der Waals surface area contributed by atoms with E-state index in [0.717, 1.165) is 26.2 Å². The number of rotatable bonds is 4. The van der Waals surface area contributed by atoms with Gasteiger partial charge in [0.1, 0.15) is 0 Å². The van der Waals surface area contributed by atoms with E-state index < -0.39 is 0 Å². The van der Waals surface area contributed by atoms with Gasteiger partial charge in [-0.2, -0.15) is 0 Å². The number of benzene rings is 1. The quantitative estimate of drug-likeness (QED) is 0.882. The van der Waals surface area contributed by atoms with Gasteiger partial charge in [0.25, 0.3) is 0 Å². The molecule has 100 valence electrons. The highest BCUT2D eigenvalue weighted by molar-refractivity contribution is 5.20. The van der Waals surface area contributed by atoms with Crippen LogP contribution in [0.25, 0.3) is 0 Å². The lowest BCUT2D eigenvalue weighted by atomic mass is 9.95. The molecule has 0 aromatic heterocycles. The van der Waals surface area contributed by atoms with Gasteiger partial charge in [0.15, 0.2) is 0 Å². The SMILES string of the molecule is COCCN1CC(C)(C)NCC1c1ccccc1. The maximum absolute atomic E-state index is 5.23. The Labute approximate surface area is 110 Å². The van der Waals surface area contributed by atoms with Gasteiger partial charge in [-0.05, 0) is 19.4 Å². The molecule has 1 aliphatic rings. The number of methoxy groups -OCH3 is 1. The molecular formula is C15H24N2O. The van der Waals surface area contributed by atoms with Crippen LogP contribution in [-0.4, -0.2) is 43.8 Å².